The summed E-state index contributed by atoms with van der Waals surface area (Å²) in [6.07, 6.45) is 1.38. The van der Waals surface area contributed by atoms with Crippen LogP contribution in [0.1, 0.15) is 39.2 Å². The van der Waals surface area contributed by atoms with E-state index in [0.717, 1.165) is 12.0 Å². The molecule has 0 bridgehead atoms. The molecule has 2 N–H and O–H groups in total. The number of hydrogen-bond acceptors (Lipinski definition) is 2. The summed E-state index contributed by atoms with van der Waals surface area (Å²) in [5.41, 5.74) is -1.52. The van der Waals surface area contributed by atoms with Crippen molar-refractivity contribution in [1.29, 1.82) is 0 Å². The molecule has 84 valence electrons. The summed E-state index contributed by atoms with van der Waals surface area (Å²) < 4.78 is 0. The molecule has 15 heavy (non-hydrogen) atoms. The third-order valence-electron chi connectivity index (χ3n) is 2.88. The summed E-state index contributed by atoms with van der Waals surface area (Å²) in [7, 11) is 0. The van der Waals surface area contributed by atoms with Crippen LogP contribution >= 0.6 is 0 Å². The lowest BCUT2D eigenvalue weighted by atomic mass is 9.77. The fraction of sp³-hybridized carbons (Fsp3) is 0.538. The van der Waals surface area contributed by atoms with E-state index in [1.165, 1.54) is 0 Å². The Morgan fingerprint density at radius 1 is 1.07 bits per heavy atom. The predicted molar refractivity (Wildman–Crippen MR) is 61.5 cm³/mol. The summed E-state index contributed by atoms with van der Waals surface area (Å²) in [4.78, 5) is 0. The van der Waals surface area contributed by atoms with Crippen LogP contribution in [-0.2, 0) is 5.60 Å². The van der Waals surface area contributed by atoms with Gasteiger partial charge in [-0.1, -0.05) is 43.7 Å². The highest BCUT2D eigenvalue weighted by Gasteiger charge is 2.42. The summed E-state index contributed by atoms with van der Waals surface area (Å²) in [5.74, 6) is 0. The van der Waals surface area contributed by atoms with Crippen molar-refractivity contribution in [3.63, 3.8) is 0 Å². The van der Waals surface area contributed by atoms with Crippen molar-refractivity contribution < 1.29 is 10.2 Å². The normalized spacial score (nSPS) is 16.1. The second-order valence-electron chi connectivity index (χ2n) is 4.54. The first-order valence-corrected chi connectivity index (χ1v) is 5.42. The molecule has 0 amide bonds. The van der Waals surface area contributed by atoms with Gasteiger partial charge in [0.05, 0.1) is 5.60 Å². The topological polar surface area (TPSA) is 40.5 Å². The molecule has 2 heteroatoms. The minimum absolute atomic E-state index is 0.556. The Hall–Kier alpha value is -0.860. The van der Waals surface area contributed by atoms with E-state index in [1.54, 1.807) is 13.8 Å². The fourth-order valence-electron chi connectivity index (χ4n) is 1.88. The Kier molecular flexibility index (Phi) is 3.53. The Morgan fingerprint density at radius 2 is 1.60 bits per heavy atom. The molecule has 0 radical (unpaired) electrons. The van der Waals surface area contributed by atoms with E-state index in [9.17, 15) is 10.2 Å². The van der Waals surface area contributed by atoms with Gasteiger partial charge < -0.3 is 10.2 Å². The zero-order valence-corrected chi connectivity index (χ0v) is 9.70. The molecule has 1 atom stereocenters. The standard InChI is InChI=1S/C13H20O2/c1-4-10-13(15,12(2,3)14)11-8-6-5-7-9-11/h5-9,14-15H,4,10H2,1-3H3. The molecule has 1 rings (SSSR count). The van der Waals surface area contributed by atoms with Crippen molar-refractivity contribution in [2.24, 2.45) is 0 Å². The summed E-state index contributed by atoms with van der Waals surface area (Å²) in [6.45, 7) is 5.30. The monoisotopic (exact) mass is 208 g/mol. The molecule has 0 heterocycles. The van der Waals surface area contributed by atoms with Crippen LogP contribution in [0.3, 0.4) is 0 Å². The third kappa shape index (κ3) is 2.39. The Morgan fingerprint density at radius 3 is 2.00 bits per heavy atom. The fourth-order valence-corrected chi connectivity index (χ4v) is 1.88. The quantitative estimate of drug-likeness (QED) is 0.798. The maximum atomic E-state index is 10.6. The van der Waals surface area contributed by atoms with Crippen LogP contribution < -0.4 is 0 Å². The Labute approximate surface area is 91.6 Å². The van der Waals surface area contributed by atoms with Crippen LogP contribution in [0.25, 0.3) is 0 Å². The molecule has 0 aliphatic carbocycles. The van der Waals surface area contributed by atoms with Crippen LogP contribution in [0, 0.1) is 0 Å². The molecule has 2 nitrogen and oxygen atoms in total. The minimum atomic E-state index is -1.16. The maximum Gasteiger partial charge on any atom is 0.118 e. The first-order valence-electron chi connectivity index (χ1n) is 5.42. The second-order valence-corrected chi connectivity index (χ2v) is 4.54. The molecule has 0 aromatic heterocycles. The van der Waals surface area contributed by atoms with Gasteiger partial charge in [0, 0.05) is 0 Å². The SMILES string of the molecule is CCCC(O)(c1ccccc1)C(C)(C)O. The zero-order chi connectivity index (χ0) is 11.5. The van der Waals surface area contributed by atoms with Gasteiger partial charge in [0.15, 0.2) is 0 Å². The van der Waals surface area contributed by atoms with Crippen LogP contribution in [0.5, 0.6) is 0 Å². The maximum absolute atomic E-state index is 10.6. The highest BCUT2D eigenvalue weighted by molar-refractivity contribution is 5.25. The van der Waals surface area contributed by atoms with E-state index in [2.05, 4.69) is 0 Å². The summed E-state index contributed by atoms with van der Waals surface area (Å²) in [6, 6.07) is 9.37. The van der Waals surface area contributed by atoms with Gasteiger partial charge in [-0.3, -0.25) is 0 Å². The summed E-state index contributed by atoms with van der Waals surface area (Å²) >= 11 is 0. The van der Waals surface area contributed by atoms with Gasteiger partial charge in [-0.15, -0.1) is 0 Å². The average Bonchev–Trinajstić information content (AvgIpc) is 2.18. The van der Waals surface area contributed by atoms with Crippen molar-refractivity contribution in [2.75, 3.05) is 0 Å². The van der Waals surface area contributed by atoms with E-state index in [4.69, 9.17) is 0 Å². The largest absolute Gasteiger partial charge is 0.387 e. The number of aliphatic hydroxyl groups is 2. The first kappa shape index (κ1) is 12.2. The second kappa shape index (κ2) is 4.33. The molecule has 0 aliphatic rings. The van der Waals surface area contributed by atoms with Gasteiger partial charge in [-0.05, 0) is 25.8 Å². The predicted octanol–water partition coefficient (Wildman–Crippen LogP) is 2.45. The van der Waals surface area contributed by atoms with Gasteiger partial charge in [0.25, 0.3) is 0 Å². The number of benzene rings is 1. The number of rotatable bonds is 4. The Bertz CT molecular complexity index is 300. The van der Waals surface area contributed by atoms with Crippen molar-refractivity contribution in [3.05, 3.63) is 35.9 Å². The minimum Gasteiger partial charge on any atom is -0.387 e. The molecule has 0 spiro atoms. The highest BCUT2D eigenvalue weighted by Crippen LogP contribution is 2.36. The van der Waals surface area contributed by atoms with E-state index >= 15 is 0 Å². The highest BCUT2D eigenvalue weighted by atomic mass is 16.4. The van der Waals surface area contributed by atoms with Crippen LogP contribution in [0.2, 0.25) is 0 Å². The molecular weight excluding hydrogens is 188 g/mol. The van der Waals surface area contributed by atoms with Crippen molar-refractivity contribution in [3.8, 4) is 0 Å². The van der Waals surface area contributed by atoms with Crippen molar-refractivity contribution >= 4 is 0 Å². The van der Waals surface area contributed by atoms with Gasteiger partial charge in [-0.2, -0.15) is 0 Å². The molecule has 1 aromatic carbocycles. The first-order chi connectivity index (χ1) is 6.92. The lowest BCUT2D eigenvalue weighted by Gasteiger charge is -2.39. The van der Waals surface area contributed by atoms with Gasteiger partial charge >= 0.3 is 0 Å². The average molecular weight is 208 g/mol. The molecule has 1 aromatic rings. The smallest absolute Gasteiger partial charge is 0.118 e. The van der Waals surface area contributed by atoms with Crippen LogP contribution in [0.4, 0.5) is 0 Å². The van der Waals surface area contributed by atoms with E-state index in [1.807, 2.05) is 37.3 Å². The van der Waals surface area contributed by atoms with Crippen molar-refractivity contribution in [2.45, 2.75) is 44.8 Å². The lowest BCUT2D eigenvalue weighted by Crippen LogP contribution is -2.47. The zero-order valence-electron chi connectivity index (χ0n) is 9.70. The van der Waals surface area contributed by atoms with Gasteiger partial charge in [0.1, 0.15) is 5.60 Å². The Balaban J connectivity index is 3.13. The molecule has 1 unspecified atom stereocenters. The molecule has 0 fully saturated rings. The summed E-state index contributed by atoms with van der Waals surface area (Å²) in [5, 5.41) is 20.6. The van der Waals surface area contributed by atoms with Crippen LogP contribution in [-0.4, -0.2) is 15.8 Å². The van der Waals surface area contributed by atoms with Crippen LogP contribution in [0.15, 0.2) is 30.3 Å². The van der Waals surface area contributed by atoms with Gasteiger partial charge in [-0.25, -0.2) is 0 Å². The molecule has 0 saturated carbocycles. The molecule has 0 aliphatic heterocycles. The third-order valence-corrected chi connectivity index (χ3v) is 2.88. The lowest BCUT2D eigenvalue weighted by molar-refractivity contribution is -0.142. The van der Waals surface area contributed by atoms with E-state index in [0.29, 0.717) is 6.42 Å². The van der Waals surface area contributed by atoms with Gasteiger partial charge in [0.2, 0.25) is 0 Å². The van der Waals surface area contributed by atoms with Crippen molar-refractivity contribution in [1.82, 2.24) is 0 Å². The number of hydrogen-bond donors (Lipinski definition) is 2. The van der Waals surface area contributed by atoms with E-state index < -0.39 is 11.2 Å². The molecule has 0 saturated heterocycles. The van der Waals surface area contributed by atoms with E-state index in [-0.39, 0.29) is 0 Å². The molecular formula is C13H20O2.